The van der Waals surface area contributed by atoms with Gasteiger partial charge in [0.25, 0.3) is 5.91 Å². The molecule has 230 valence electrons. The molecule has 1 fully saturated rings. The first kappa shape index (κ1) is 31.4. The summed E-state index contributed by atoms with van der Waals surface area (Å²) < 4.78 is 20.2. The second kappa shape index (κ2) is 14.1. The highest BCUT2D eigenvalue weighted by Gasteiger charge is 2.26. The van der Waals surface area contributed by atoms with E-state index in [1.807, 2.05) is 55.5 Å². The fourth-order valence-corrected chi connectivity index (χ4v) is 6.07. The van der Waals surface area contributed by atoms with E-state index >= 15 is 0 Å². The van der Waals surface area contributed by atoms with E-state index in [-0.39, 0.29) is 37.6 Å². The number of amides is 1. The van der Waals surface area contributed by atoms with Gasteiger partial charge in [-0.1, -0.05) is 48.9 Å². The number of ether oxygens (including phenoxy) is 1. The monoisotopic (exact) mass is 617 g/mol. The van der Waals surface area contributed by atoms with Gasteiger partial charge >= 0.3 is 6.01 Å². The fourth-order valence-electron chi connectivity index (χ4n) is 5.78. The van der Waals surface area contributed by atoms with Crippen LogP contribution < -0.4 is 10.1 Å². The molecule has 11 heteroatoms. The van der Waals surface area contributed by atoms with Crippen molar-refractivity contribution in [2.45, 2.75) is 57.8 Å². The molecule has 0 aliphatic carbocycles. The number of hydrogen-bond donors (Lipinski definition) is 1. The third-order valence-electron chi connectivity index (χ3n) is 8.25. The zero-order valence-corrected chi connectivity index (χ0v) is 26.0. The lowest BCUT2D eigenvalue weighted by molar-refractivity contribution is -0.138. The number of anilines is 1. The van der Waals surface area contributed by atoms with E-state index in [0.717, 1.165) is 35.7 Å². The van der Waals surface area contributed by atoms with Crippen LogP contribution in [0, 0.1) is 11.3 Å². The van der Waals surface area contributed by atoms with Crippen LogP contribution in [0.5, 0.6) is 6.01 Å². The van der Waals surface area contributed by atoms with Crippen LogP contribution in [0.4, 0.5) is 10.2 Å². The SMILES string of the molecule is CC[C@H](CC#N)N(CCNc1nc(OC[C@H]2CCCN2C)nc2nc(-c3cccc4cccc(Cl)c34)ccc12)C(=O)C(C)F. The molecule has 1 unspecified atom stereocenters. The first-order chi connectivity index (χ1) is 21.3. The maximum absolute atomic E-state index is 14.1. The van der Waals surface area contributed by atoms with Crippen molar-refractivity contribution in [1.82, 2.24) is 24.8 Å². The van der Waals surface area contributed by atoms with Crippen LogP contribution in [-0.4, -0.2) is 82.2 Å². The van der Waals surface area contributed by atoms with E-state index in [4.69, 9.17) is 21.3 Å². The summed E-state index contributed by atoms with van der Waals surface area (Å²) in [7, 11) is 2.08. The zero-order chi connectivity index (χ0) is 31.2. The number of rotatable bonds is 12. The third-order valence-corrected chi connectivity index (χ3v) is 8.57. The number of pyridine rings is 1. The van der Waals surface area contributed by atoms with Gasteiger partial charge in [0.2, 0.25) is 0 Å². The molecule has 5 rings (SSSR count). The largest absolute Gasteiger partial charge is 0.462 e. The molecule has 2 aromatic carbocycles. The topological polar surface area (TPSA) is 107 Å². The molecule has 0 radical (unpaired) electrons. The van der Waals surface area contributed by atoms with E-state index in [9.17, 15) is 14.4 Å². The molecular weight excluding hydrogens is 581 g/mol. The summed E-state index contributed by atoms with van der Waals surface area (Å²) in [4.78, 5) is 30.7. The molecule has 0 saturated carbocycles. The van der Waals surface area contributed by atoms with Gasteiger partial charge in [-0.25, -0.2) is 9.37 Å². The van der Waals surface area contributed by atoms with Crippen molar-refractivity contribution in [3.8, 4) is 23.3 Å². The number of fused-ring (bicyclic) bond motifs is 2. The van der Waals surface area contributed by atoms with Crippen molar-refractivity contribution < 1.29 is 13.9 Å². The molecule has 1 N–H and O–H groups in total. The summed E-state index contributed by atoms with van der Waals surface area (Å²) in [5, 5.41) is 15.8. The summed E-state index contributed by atoms with van der Waals surface area (Å²) in [6.45, 7) is 5.05. The van der Waals surface area contributed by atoms with Crippen LogP contribution in [0.25, 0.3) is 33.1 Å². The number of nitrogens with zero attached hydrogens (tertiary/aromatic N) is 6. The van der Waals surface area contributed by atoms with Gasteiger partial charge in [-0.05, 0) is 63.4 Å². The van der Waals surface area contributed by atoms with Crippen LogP contribution in [0.1, 0.15) is 39.5 Å². The summed E-state index contributed by atoms with van der Waals surface area (Å²) in [6.07, 6.45) is 1.16. The molecule has 1 saturated heterocycles. The molecule has 3 heterocycles. The first-order valence-corrected chi connectivity index (χ1v) is 15.4. The van der Waals surface area contributed by atoms with E-state index in [1.165, 1.54) is 11.8 Å². The van der Waals surface area contributed by atoms with Crippen molar-refractivity contribution in [1.29, 1.82) is 5.26 Å². The molecule has 1 aliphatic rings. The molecule has 3 atom stereocenters. The number of alkyl halides is 1. The van der Waals surface area contributed by atoms with Gasteiger partial charge in [-0.15, -0.1) is 0 Å². The average molecular weight is 618 g/mol. The molecule has 9 nitrogen and oxygen atoms in total. The lowest BCUT2D eigenvalue weighted by Crippen LogP contribution is -2.45. The average Bonchev–Trinajstić information content (AvgIpc) is 3.44. The third kappa shape index (κ3) is 6.85. The normalized spacial score (nSPS) is 16.5. The predicted molar refractivity (Wildman–Crippen MR) is 172 cm³/mol. The van der Waals surface area contributed by atoms with E-state index in [1.54, 1.807) is 0 Å². The van der Waals surface area contributed by atoms with E-state index < -0.39 is 12.1 Å². The summed E-state index contributed by atoms with van der Waals surface area (Å²) >= 11 is 6.62. The molecule has 2 aromatic heterocycles. The van der Waals surface area contributed by atoms with E-state index in [2.05, 4.69) is 33.3 Å². The number of likely N-dealkylation sites (N-methyl/N-ethyl adjacent to an activating group) is 1. The van der Waals surface area contributed by atoms with Crippen LogP contribution in [-0.2, 0) is 4.79 Å². The number of nitrogens with one attached hydrogen (secondary N) is 1. The van der Waals surface area contributed by atoms with Crippen molar-refractivity contribution in [3.63, 3.8) is 0 Å². The summed E-state index contributed by atoms with van der Waals surface area (Å²) in [5.41, 5.74) is 2.04. The van der Waals surface area contributed by atoms with E-state index in [0.29, 0.717) is 40.6 Å². The highest BCUT2D eigenvalue weighted by molar-refractivity contribution is 6.36. The van der Waals surface area contributed by atoms with Crippen molar-refractivity contribution in [3.05, 3.63) is 53.6 Å². The van der Waals surface area contributed by atoms with Gasteiger partial charge in [0.15, 0.2) is 11.8 Å². The Morgan fingerprint density at radius 1 is 1.23 bits per heavy atom. The molecular formula is C33H37ClFN7O2. The lowest BCUT2D eigenvalue weighted by Gasteiger charge is -2.30. The van der Waals surface area contributed by atoms with Crippen molar-refractivity contribution >= 4 is 45.1 Å². The Balaban J connectivity index is 1.48. The highest BCUT2D eigenvalue weighted by Crippen LogP contribution is 2.34. The molecule has 0 spiro atoms. The number of hydrogen-bond acceptors (Lipinski definition) is 8. The Kier molecular flexibility index (Phi) is 10.1. The number of carbonyl (C=O) groups is 1. The maximum Gasteiger partial charge on any atom is 0.320 e. The number of likely N-dealkylation sites (tertiary alicyclic amines) is 1. The van der Waals surface area contributed by atoms with Gasteiger partial charge < -0.3 is 19.9 Å². The number of carbonyl (C=O) groups excluding carboxylic acids is 1. The minimum atomic E-state index is -1.67. The van der Waals surface area contributed by atoms with Crippen molar-refractivity contribution in [2.75, 3.05) is 38.6 Å². The molecule has 1 aliphatic heterocycles. The summed E-state index contributed by atoms with van der Waals surface area (Å²) in [5.74, 6) is -0.139. The van der Waals surface area contributed by atoms with Crippen molar-refractivity contribution in [2.24, 2.45) is 0 Å². The van der Waals surface area contributed by atoms with Gasteiger partial charge in [0.05, 0.1) is 23.6 Å². The fraction of sp³-hybridized carbons (Fsp3) is 0.424. The predicted octanol–water partition coefficient (Wildman–Crippen LogP) is 6.26. The molecule has 0 bridgehead atoms. The number of halogens is 2. The number of aromatic nitrogens is 3. The molecule has 44 heavy (non-hydrogen) atoms. The van der Waals surface area contributed by atoms with Crippen LogP contribution >= 0.6 is 11.6 Å². The molecule has 1 amide bonds. The second-order valence-corrected chi connectivity index (χ2v) is 11.6. The van der Waals surface area contributed by atoms with Gasteiger partial charge in [0.1, 0.15) is 12.4 Å². The number of nitriles is 1. The van der Waals surface area contributed by atoms with Gasteiger partial charge in [-0.2, -0.15) is 15.2 Å². The second-order valence-electron chi connectivity index (χ2n) is 11.2. The maximum atomic E-state index is 14.1. The van der Waals surface area contributed by atoms with Gasteiger partial charge in [-0.3, -0.25) is 4.79 Å². The van der Waals surface area contributed by atoms with Crippen LogP contribution in [0.3, 0.4) is 0 Å². The van der Waals surface area contributed by atoms with Gasteiger partial charge in [0, 0.05) is 41.1 Å². The standard InChI is InChI=1S/C33H37ClFN7O2/c1-4-23(15-16-36)42(32(43)21(2)35)19-17-37-30-26-13-14-28(25-11-5-8-22-9-6-12-27(34)29(22)25)38-31(26)40-33(39-30)44-20-24-10-7-18-41(24)3/h5-6,8-9,11-14,21,23-24H,4,7,10,15,17-20H2,1-3H3,(H,37,38,39,40)/t21?,23-,24-/m1/s1. The smallest absolute Gasteiger partial charge is 0.320 e. The Hall–Kier alpha value is -4.07. The Morgan fingerprint density at radius 3 is 2.73 bits per heavy atom. The summed E-state index contributed by atoms with van der Waals surface area (Å²) in [6, 6.07) is 17.8. The van der Waals surface area contributed by atoms with Crippen LogP contribution in [0.15, 0.2) is 48.5 Å². The Labute approximate surface area is 262 Å². The minimum absolute atomic E-state index is 0.129. The van der Waals surface area contributed by atoms with Crippen LogP contribution in [0.2, 0.25) is 5.02 Å². The quantitative estimate of drug-likeness (QED) is 0.198. The Bertz CT molecular complexity index is 1670. The first-order valence-electron chi connectivity index (χ1n) is 15.1. The molecule has 4 aromatic rings. The number of benzene rings is 2. The zero-order valence-electron chi connectivity index (χ0n) is 25.3. The lowest BCUT2D eigenvalue weighted by atomic mass is 10.0. The highest BCUT2D eigenvalue weighted by atomic mass is 35.5. The minimum Gasteiger partial charge on any atom is -0.462 e. The Morgan fingerprint density at radius 2 is 2.02 bits per heavy atom.